The molecule has 0 spiro atoms. The Morgan fingerprint density at radius 2 is 1.70 bits per heavy atom. The van der Waals surface area contributed by atoms with Gasteiger partial charge in [-0.05, 0) is 46.1 Å². The molecule has 0 amide bonds. The third-order valence-corrected chi connectivity index (χ3v) is 9.38. The second-order valence-electron chi connectivity index (χ2n) is 6.50. The zero-order valence-electron chi connectivity index (χ0n) is 14.0. The predicted molar refractivity (Wildman–Crippen MR) is 87.7 cm³/mol. The molecule has 0 aliphatic carbocycles. The first-order valence-electron chi connectivity index (χ1n) is 7.14. The Kier molecular flexibility index (Phi) is 7.94. The average Bonchev–Trinajstić information content (AvgIpc) is 2.24. The van der Waals surface area contributed by atoms with Gasteiger partial charge in [0.05, 0.1) is 12.3 Å². The van der Waals surface area contributed by atoms with Crippen LogP contribution >= 0.6 is 0 Å². The molecule has 1 atom stereocenters. The third-order valence-electron chi connectivity index (χ3n) is 2.70. The topological polar surface area (TPSA) is 44.8 Å². The van der Waals surface area contributed by atoms with Crippen LogP contribution in [0.3, 0.4) is 0 Å². The van der Waals surface area contributed by atoms with Gasteiger partial charge in [-0.15, -0.1) is 0 Å². The van der Waals surface area contributed by atoms with E-state index in [9.17, 15) is 4.79 Å². The summed E-state index contributed by atoms with van der Waals surface area (Å²) in [6.45, 7) is 18.9. The van der Waals surface area contributed by atoms with E-state index in [2.05, 4.69) is 46.2 Å². The fourth-order valence-corrected chi connectivity index (χ4v) is 10.5. The van der Waals surface area contributed by atoms with Crippen molar-refractivity contribution in [2.45, 2.75) is 58.7 Å². The number of carbonyl (C=O) groups is 1. The van der Waals surface area contributed by atoms with Crippen molar-refractivity contribution in [3.63, 3.8) is 0 Å². The van der Waals surface area contributed by atoms with Crippen LogP contribution in [0.15, 0.2) is 12.2 Å². The quantitative estimate of drug-likeness (QED) is 0.282. The average molecular weight is 319 g/mol. The van der Waals surface area contributed by atoms with Crippen molar-refractivity contribution in [2.75, 3.05) is 13.2 Å². The van der Waals surface area contributed by atoms with Crippen LogP contribution in [0.5, 0.6) is 0 Å². The van der Waals surface area contributed by atoms with E-state index in [1.54, 1.807) is 6.92 Å². The zero-order chi connectivity index (χ0) is 16.0. The maximum atomic E-state index is 11.3. The first kappa shape index (κ1) is 19.6. The minimum Gasteiger partial charge on any atom is -0.460 e. The van der Waals surface area contributed by atoms with Crippen molar-refractivity contribution in [2.24, 2.45) is 0 Å². The number of rotatable bonds is 9. The summed E-state index contributed by atoms with van der Waals surface area (Å²) in [5, 5.41) is 0. The standard InChI is InChI=1S/C14H30O4Si2/c1-9-13(20(7,8)18-19(4,5)6)16-10-11-17-14(15)12(2)3/h13H,2,9-11H2,1,3-8H3. The van der Waals surface area contributed by atoms with E-state index in [-0.39, 0.29) is 18.3 Å². The highest BCUT2D eigenvalue weighted by molar-refractivity contribution is 6.84. The summed E-state index contributed by atoms with van der Waals surface area (Å²) in [7, 11) is -3.45. The van der Waals surface area contributed by atoms with Crippen LogP contribution in [0.2, 0.25) is 32.7 Å². The molecule has 0 N–H and O–H groups in total. The number of carbonyl (C=O) groups excluding carboxylic acids is 1. The van der Waals surface area contributed by atoms with E-state index in [4.69, 9.17) is 13.6 Å². The fourth-order valence-electron chi connectivity index (χ4n) is 2.11. The Morgan fingerprint density at radius 1 is 1.15 bits per heavy atom. The van der Waals surface area contributed by atoms with Crippen LogP contribution in [0, 0.1) is 0 Å². The monoisotopic (exact) mass is 318 g/mol. The van der Waals surface area contributed by atoms with Crippen LogP contribution in [-0.4, -0.2) is 41.5 Å². The molecule has 0 aromatic carbocycles. The van der Waals surface area contributed by atoms with Crippen LogP contribution in [-0.2, 0) is 18.4 Å². The first-order valence-corrected chi connectivity index (χ1v) is 13.5. The molecular formula is C14H30O4Si2. The Hall–Kier alpha value is -0.436. The van der Waals surface area contributed by atoms with Crippen molar-refractivity contribution in [1.29, 1.82) is 0 Å². The molecule has 0 saturated heterocycles. The smallest absolute Gasteiger partial charge is 0.333 e. The van der Waals surface area contributed by atoms with E-state index in [0.29, 0.717) is 12.2 Å². The maximum absolute atomic E-state index is 11.3. The molecule has 0 radical (unpaired) electrons. The van der Waals surface area contributed by atoms with Gasteiger partial charge in [0.15, 0.2) is 8.32 Å². The van der Waals surface area contributed by atoms with Crippen molar-refractivity contribution < 1.29 is 18.4 Å². The largest absolute Gasteiger partial charge is 0.460 e. The molecule has 0 fully saturated rings. The van der Waals surface area contributed by atoms with E-state index < -0.39 is 16.6 Å². The van der Waals surface area contributed by atoms with Gasteiger partial charge < -0.3 is 13.6 Å². The second-order valence-corrected chi connectivity index (χ2v) is 15.4. The predicted octanol–water partition coefficient (Wildman–Crippen LogP) is 3.50. The van der Waals surface area contributed by atoms with Gasteiger partial charge in [0.1, 0.15) is 6.61 Å². The molecule has 20 heavy (non-hydrogen) atoms. The SMILES string of the molecule is C=C(C)C(=O)OCCOC(CC)[Si](C)(C)O[Si](C)(C)C. The summed E-state index contributed by atoms with van der Waals surface area (Å²) >= 11 is 0. The summed E-state index contributed by atoms with van der Waals surface area (Å²) in [5.74, 6) is -0.364. The summed E-state index contributed by atoms with van der Waals surface area (Å²) < 4.78 is 17.2. The van der Waals surface area contributed by atoms with Gasteiger partial charge in [-0.1, -0.05) is 13.5 Å². The maximum Gasteiger partial charge on any atom is 0.333 e. The fraction of sp³-hybridized carbons (Fsp3) is 0.786. The molecule has 1 unspecified atom stereocenters. The van der Waals surface area contributed by atoms with Gasteiger partial charge >= 0.3 is 5.97 Å². The number of esters is 1. The van der Waals surface area contributed by atoms with Gasteiger partial charge in [0, 0.05) is 5.57 Å². The van der Waals surface area contributed by atoms with Gasteiger partial charge in [-0.3, -0.25) is 0 Å². The van der Waals surface area contributed by atoms with Gasteiger partial charge in [-0.25, -0.2) is 4.79 Å². The Labute approximate surface area is 125 Å². The first-order chi connectivity index (χ1) is 8.99. The lowest BCUT2D eigenvalue weighted by Crippen LogP contribution is -2.52. The molecule has 0 aliphatic heterocycles. The Balaban J connectivity index is 4.28. The molecule has 118 valence electrons. The van der Waals surface area contributed by atoms with E-state index in [1.807, 2.05) is 0 Å². The third kappa shape index (κ3) is 7.99. The molecule has 0 rings (SSSR count). The summed E-state index contributed by atoms with van der Waals surface area (Å²) in [6, 6.07) is 0. The number of hydrogen-bond acceptors (Lipinski definition) is 4. The molecule has 0 aromatic heterocycles. The molecule has 6 heteroatoms. The zero-order valence-corrected chi connectivity index (χ0v) is 16.0. The van der Waals surface area contributed by atoms with Crippen LogP contribution in [0.1, 0.15) is 20.3 Å². The van der Waals surface area contributed by atoms with Crippen LogP contribution in [0.4, 0.5) is 0 Å². The lowest BCUT2D eigenvalue weighted by molar-refractivity contribution is -0.140. The molecule has 0 saturated carbocycles. The minimum atomic E-state index is -1.89. The van der Waals surface area contributed by atoms with E-state index >= 15 is 0 Å². The van der Waals surface area contributed by atoms with Crippen molar-refractivity contribution in [1.82, 2.24) is 0 Å². The lowest BCUT2D eigenvalue weighted by Gasteiger charge is -2.37. The summed E-state index contributed by atoms with van der Waals surface area (Å²) in [5.41, 5.74) is 0.534. The molecule has 0 aliphatic rings. The van der Waals surface area contributed by atoms with Crippen molar-refractivity contribution in [3.05, 3.63) is 12.2 Å². The highest BCUT2D eigenvalue weighted by Crippen LogP contribution is 2.21. The number of hydrogen-bond donors (Lipinski definition) is 0. The van der Waals surface area contributed by atoms with Crippen molar-refractivity contribution >= 4 is 22.6 Å². The molecule has 0 aromatic rings. The molecular weight excluding hydrogens is 288 g/mol. The van der Waals surface area contributed by atoms with Gasteiger partial charge in [0.25, 0.3) is 0 Å². The normalized spacial score (nSPS) is 13.9. The molecule has 0 heterocycles. The van der Waals surface area contributed by atoms with Gasteiger partial charge in [0.2, 0.25) is 8.32 Å². The van der Waals surface area contributed by atoms with Crippen molar-refractivity contribution in [3.8, 4) is 0 Å². The van der Waals surface area contributed by atoms with Crippen LogP contribution in [0.25, 0.3) is 0 Å². The second kappa shape index (κ2) is 8.12. The van der Waals surface area contributed by atoms with Crippen LogP contribution < -0.4 is 0 Å². The van der Waals surface area contributed by atoms with E-state index in [1.165, 1.54) is 0 Å². The highest BCUT2D eigenvalue weighted by atomic mass is 28.4. The summed E-state index contributed by atoms with van der Waals surface area (Å²) in [6.07, 6.45) is 0.915. The Bertz CT molecular complexity index is 335. The van der Waals surface area contributed by atoms with E-state index in [0.717, 1.165) is 6.42 Å². The minimum absolute atomic E-state index is 0.123. The summed E-state index contributed by atoms with van der Waals surface area (Å²) in [4.78, 5) is 11.3. The molecule has 4 nitrogen and oxygen atoms in total. The lowest BCUT2D eigenvalue weighted by atomic mass is 10.4. The Morgan fingerprint density at radius 3 is 2.10 bits per heavy atom. The number of ether oxygens (including phenoxy) is 2. The van der Waals surface area contributed by atoms with Gasteiger partial charge in [-0.2, -0.15) is 0 Å². The molecule has 0 bridgehead atoms. The highest BCUT2D eigenvalue weighted by Gasteiger charge is 2.37.